The number of nitriles is 1. The Hall–Kier alpha value is -0.186. The molecular formula is C10H9F2N3OPb2. The molecule has 0 bridgehead atoms. The van der Waals surface area contributed by atoms with E-state index >= 15 is 0 Å². The molecule has 0 spiro atoms. The van der Waals surface area contributed by atoms with E-state index in [0.29, 0.717) is 5.82 Å². The summed E-state index contributed by atoms with van der Waals surface area (Å²) in [6, 6.07) is 3.11. The Morgan fingerprint density at radius 3 is 2.56 bits per heavy atom. The van der Waals surface area contributed by atoms with Gasteiger partial charge < -0.3 is 0 Å². The first kappa shape index (κ1) is 17.8. The number of nitrogens with zero attached hydrogens (tertiary/aromatic N) is 3. The molecule has 6 radical (unpaired) electrons. The first-order valence-corrected chi connectivity index (χ1v) is 8.78. The van der Waals surface area contributed by atoms with Crippen LogP contribution in [-0.2, 0) is 0 Å². The Labute approximate surface area is 136 Å². The Balaban J connectivity index is 0.00000137. The first-order valence-electron chi connectivity index (χ1n) is 4.89. The number of hydrogen-bond donors (Lipinski definition) is 0. The van der Waals surface area contributed by atoms with Gasteiger partial charge in [0.05, 0.1) is 0 Å². The van der Waals surface area contributed by atoms with Gasteiger partial charge in [0, 0.05) is 0 Å². The third kappa shape index (κ3) is 6.67. The van der Waals surface area contributed by atoms with E-state index in [4.69, 9.17) is 5.26 Å². The van der Waals surface area contributed by atoms with Crippen LogP contribution in [0.5, 0.6) is 5.75 Å². The van der Waals surface area contributed by atoms with Crippen LogP contribution in [0, 0.1) is 11.3 Å². The van der Waals surface area contributed by atoms with Gasteiger partial charge in [0.1, 0.15) is 0 Å². The minimum atomic E-state index is -2.96. The van der Waals surface area contributed by atoms with Crippen molar-refractivity contribution in [2.24, 2.45) is 4.99 Å². The third-order valence-electron chi connectivity index (χ3n) is 1.42. The van der Waals surface area contributed by atoms with Crippen LogP contribution in [0.3, 0.4) is 0 Å². The first-order chi connectivity index (χ1) is 8.52. The van der Waals surface area contributed by atoms with Crippen molar-refractivity contribution in [1.82, 2.24) is 4.98 Å². The zero-order chi connectivity index (χ0) is 14.1. The molecule has 0 atom stereocenters. The molecule has 92 valence electrons. The summed E-state index contributed by atoms with van der Waals surface area (Å²) < 4.78 is 29.1. The van der Waals surface area contributed by atoms with Crippen LogP contribution in [-0.4, -0.2) is 64.0 Å². The van der Waals surface area contributed by atoms with Gasteiger partial charge in [0.25, 0.3) is 0 Å². The summed E-state index contributed by atoms with van der Waals surface area (Å²) in [5, 5.41) is 8.76. The molecule has 0 aliphatic heterocycles. The molecule has 0 N–H and O–H groups in total. The molecule has 4 nitrogen and oxygen atoms in total. The van der Waals surface area contributed by atoms with E-state index in [1.165, 1.54) is 6.07 Å². The summed E-state index contributed by atoms with van der Waals surface area (Å²) in [4.78, 5) is 7.95. The summed E-state index contributed by atoms with van der Waals surface area (Å²) in [5.41, 5.74) is 0.0126. The number of ether oxygens (including phenoxy) is 1. The molecule has 0 unspecified atom stereocenters. The number of aliphatic imine (C=N–C) groups is 1. The number of hydrogen-bond acceptors (Lipinski definition) is 4. The topological polar surface area (TPSA) is 58.3 Å². The van der Waals surface area contributed by atoms with E-state index in [9.17, 15) is 8.78 Å². The molecule has 1 rings (SSSR count). The van der Waals surface area contributed by atoms with Crippen LogP contribution in [0.4, 0.5) is 14.6 Å². The van der Waals surface area contributed by atoms with Gasteiger partial charge in [-0.05, 0) is 0 Å². The molecule has 1 heterocycles. The van der Waals surface area contributed by atoms with Crippen molar-refractivity contribution < 1.29 is 13.5 Å². The fourth-order valence-electron chi connectivity index (χ4n) is 0.885. The second kappa shape index (κ2) is 9.71. The number of aromatic nitrogens is 1. The van der Waals surface area contributed by atoms with Crippen molar-refractivity contribution in [2.75, 3.05) is 0 Å². The summed E-state index contributed by atoms with van der Waals surface area (Å²) >= 11 is 1.67. The van der Waals surface area contributed by atoms with Gasteiger partial charge in [0.15, 0.2) is 0 Å². The molecule has 0 saturated carbocycles. The summed E-state index contributed by atoms with van der Waals surface area (Å²) in [5.74, 6) is 0.137. The zero-order valence-electron chi connectivity index (χ0n) is 9.74. The second-order valence-electron chi connectivity index (χ2n) is 2.49. The van der Waals surface area contributed by atoms with E-state index in [-0.39, 0.29) is 11.3 Å². The van der Waals surface area contributed by atoms with Crippen molar-refractivity contribution >= 4 is 58.2 Å². The van der Waals surface area contributed by atoms with Crippen LogP contribution in [0.2, 0.25) is 0 Å². The molecule has 0 fully saturated rings. The second-order valence-corrected chi connectivity index (χ2v) is 13.7. The molecule has 0 aliphatic carbocycles. The van der Waals surface area contributed by atoms with Crippen LogP contribution in [0.15, 0.2) is 17.3 Å². The van der Waals surface area contributed by atoms with Gasteiger partial charge in [-0.1, -0.05) is 13.8 Å². The maximum atomic E-state index is 12.0. The fourth-order valence-corrected chi connectivity index (χ4v) is 1.78. The zero-order valence-corrected chi connectivity index (χ0v) is 17.5. The third-order valence-corrected chi connectivity index (χ3v) is 2.29. The molecule has 0 amide bonds. The monoisotopic (exact) mass is 641 g/mol. The van der Waals surface area contributed by atoms with Gasteiger partial charge in [-0.25, -0.2) is 0 Å². The summed E-state index contributed by atoms with van der Waals surface area (Å²) in [7, 11) is 0. The van der Waals surface area contributed by atoms with Crippen molar-refractivity contribution in [1.29, 1.82) is 5.26 Å². The predicted molar refractivity (Wildman–Crippen MR) is 65.5 cm³/mol. The van der Waals surface area contributed by atoms with Crippen LogP contribution in [0.25, 0.3) is 0 Å². The van der Waals surface area contributed by atoms with Gasteiger partial charge in [-0.2, -0.15) is 0 Å². The fraction of sp³-hybridized carbons (Fsp3) is 0.300. The van der Waals surface area contributed by atoms with E-state index < -0.39 is 6.61 Å². The molecule has 1 aromatic heterocycles. The Bertz CT molecular complexity index is 457. The molecule has 0 saturated heterocycles. The summed E-state index contributed by atoms with van der Waals surface area (Å²) in [6.45, 7) is 1.04. The normalized spacial score (nSPS) is 9.00. The molecule has 0 aromatic carbocycles. The average Bonchev–Trinajstić information content (AvgIpc) is 2.32. The van der Waals surface area contributed by atoms with E-state index in [1.54, 1.807) is 6.07 Å². The molecule has 1 aromatic rings. The van der Waals surface area contributed by atoms with Crippen molar-refractivity contribution in [3.8, 4) is 11.8 Å². The van der Waals surface area contributed by atoms with Gasteiger partial charge >= 0.3 is 123 Å². The molecule has 18 heavy (non-hydrogen) atoms. The van der Waals surface area contributed by atoms with Crippen molar-refractivity contribution in [2.45, 2.75) is 20.5 Å². The molecule has 0 aliphatic rings. The van der Waals surface area contributed by atoms with Crippen molar-refractivity contribution in [3.05, 3.63) is 17.8 Å². The van der Waals surface area contributed by atoms with Gasteiger partial charge in [-0.3, -0.25) is 0 Å². The van der Waals surface area contributed by atoms with E-state index in [1.807, 2.05) is 13.8 Å². The van der Waals surface area contributed by atoms with Crippen LogP contribution >= 0.6 is 0 Å². The maximum absolute atomic E-state index is 12.0. The van der Waals surface area contributed by atoms with Crippen molar-refractivity contribution in [3.63, 3.8) is 0 Å². The Morgan fingerprint density at radius 1 is 1.50 bits per heavy atom. The minimum absolute atomic E-state index is 0.0126. The van der Waals surface area contributed by atoms with Gasteiger partial charge in [-0.15, -0.1) is 0 Å². The van der Waals surface area contributed by atoms with E-state index in [0.717, 1.165) is 58.6 Å². The number of pyridine rings is 1. The van der Waals surface area contributed by atoms with Crippen LogP contribution in [0.1, 0.15) is 19.4 Å². The predicted octanol–water partition coefficient (Wildman–Crippen LogP) is 1.91. The number of alkyl halides is 2. The number of halogens is 2. The standard InChI is InChI=1S/C8H3F2N3O.C2H6.2Pb/c1-12-7-2-5(3-11)6(4-13-7)14-8(9)10;1-2;;/h2,4,8H;1-2H3;;. The van der Waals surface area contributed by atoms with E-state index in [2.05, 4.69) is 14.7 Å². The SMILES string of the molecule is CC.N#Cc1cc(N=[C]([Pb])[Pb])ncc1OC(F)F. The Morgan fingerprint density at radius 2 is 2.11 bits per heavy atom. The number of rotatable bonds is 3. The average molecular weight is 640 g/mol. The van der Waals surface area contributed by atoms with Crippen LogP contribution < -0.4 is 4.74 Å². The van der Waals surface area contributed by atoms with Gasteiger partial charge in [0.2, 0.25) is 0 Å². The summed E-state index contributed by atoms with van der Waals surface area (Å²) in [6.07, 6.45) is 1.09. The quantitative estimate of drug-likeness (QED) is 0.376. The molecule has 8 heteroatoms. The molecular weight excluding hydrogens is 631 g/mol. The Kier molecular flexibility index (Phi) is 9.61.